The zero-order valence-corrected chi connectivity index (χ0v) is 18.2. The summed E-state index contributed by atoms with van der Waals surface area (Å²) >= 11 is 0. The molecule has 1 aromatic heterocycles. The van der Waals surface area contributed by atoms with Crippen LogP contribution in [0.25, 0.3) is 11.3 Å². The molecule has 8 nitrogen and oxygen atoms in total. The van der Waals surface area contributed by atoms with Gasteiger partial charge >= 0.3 is 6.09 Å². The molecule has 0 bridgehead atoms. The van der Waals surface area contributed by atoms with Crippen LogP contribution in [0, 0.1) is 0 Å². The zero-order valence-electron chi connectivity index (χ0n) is 18.2. The maximum absolute atomic E-state index is 11.8. The minimum atomic E-state index is -0.519. The first-order valence-electron chi connectivity index (χ1n) is 9.94. The predicted molar refractivity (Wildman–Crippen MR) is 120 cm³/mol. The molecule has 2 aromatic carbocycles. The number of carbonyl (C=O) groups is 1. The molecule has 0 aliphatic heterocycles. The summed E-state index contributed by atoms with van der Waals surface area (Å²) < 4.78 is 16.1. The molecule has 0 unspecified atom stereocenters. The molecular weight excluding hydrogens is 396 g/mol. The van der Waals surface area contributed by atoms with Gasteiger partial charge in [-0.05, 0) is 50.6 Å². The van der Waals surface area contributed by atoms with Gasteiger partial charge in [-0.25, -0.2) is 9.78 Å². The molecule has 0 atom stereocenters. The van der Waals surface area contributed by atoms with Gasteiger partial charge in [0.25, 0.3) is 0 Å². The second kappa shape index (κ2) is 9.88. The average Bonchev–Trinajstić information content (AvgIpc) is 3.26. The van der Waals surface area contributed by atoms with E-state index in [2.05, 4.69) is 20.9 Å². The SMILES string of the molecule is COc1cc(NCNc2cccc(CNC(=O)OC(C)(C)C)c2)ccc1-c1cnco1. The van der Waals surface area contributed by atoms with E-state index in [9.17, 15) is 4.79 Å². The van der Waals surface area contributed by atoms with Crippen molar-refractivity contribution in [3.63, 3.8) is 0 Å². The number of aromatic nitrogens is 1. The number of carbonyl (C=O) groups excluding carboxylic acids is 1. The van der Waals surface area contributed by atoms with Crippen molar-refractivity contribution in [1.29, 1.82) is 0 Å². The molecule has 0 aliphatic rings. The van der Waals surface area contributed by atoms with E-state index in [-0.39, 0.29) is 0 Å². The maximum atomic E-state index is 11.8. The number of nitrogens with one attached hydrogen (secondary N) is 3. The van der Waals surface area contributed by atoms with Crippen molar-refractivity contribution in [2.24, 2.45) is 0 Å². The molecule has 0 saturated carbocycles. The van der Waals surface area contributed by atoms with E-state index < -0.39 is 11.7 Å². The highest BCUT2D eigenvalue weighted by molar-refractivity contribution is 5.69. The maximum Gasteiger partial charge on any atom is 0.407 e. The van der Waals surface area contributed by atoms with E-state index in [1.54, 1.807) is 13.3 Å². The lowest BCUT2D eigenvalue weighted by Crippen LogP contribution is -2.32. The number of hydrogen-bond acceptors (Lipinski definition) is 7. The van der Waals surface area contributed by atoms with E-state index in [0.29, 0.717) is 24.7 Å². The lowest BCUT2D eigenvalue weighted by molar-refractivity contribution is 0.0523. The molecular formula is C23H28N4O4. The van der Waals surface area contributed by atoms with Crippen LogP contribution in [-0.2, 0) is 11.3 Å². The van der Waals surface area contributed by atoms with Crippen molar-refractivity contribution < 1.29 is 18.7 Å². The van der Waals surface area contributed by atoms with E-state index in [1.807, 2.05) is 63.2 Å². The fourth-order valence-corrected chi connectivity index (χ4v) is 2.88. The van der Waals surface area contributed by atoms with Crippen LogP contribution in [0.4, 0.5) is 16.2 Å². The number of hydrogen-bond donors (Lipinski definition) is 3. The van der Waals surface area contributed by atoms with Crippen LogP contribution in [-0.4, -0.2) is 30.5 Å². The summed E-state index contributed by atoms with van der Waals surface area (Å²) in [5.74, 6) is 1.34. The van der Waals surface area contributed by atoms with Crippen LogP contribution in [0.5, 0.6) is 5.75 Å². The number of nitrogens with zero attached hydrogens (tertiary/aromatic N) is 1. The van der Waals surface area contributed by atoms with Gasteiger partial charge < -0.3 is 29.8 Å². The first kappa shape index (κ1) is 22.0. The Morgan fingerprint density at radius 3 is 2.55 bits per heavy atom. The predicted octanol–water partition coefficient (Wildman–Crippen LogP) is 4.86. The highest BCUT2D eigenvalue weighted by Gasteiger charge is 2.15. The van der Waals surface area contributed by atoms with Gasteiger partial charge in [-0.2, -0.15) is 0 Å². The normalized spacial score (nSPS) is 11.0. The summed E-state index contributed by atoms with van der Waals surface area (Å²) in [6.45, 7) is 6.40. The number of oxazole rings is 1. The molecule has 164 valence electrons. The van der Waals surface area contributed by atoms with Crippen molar-refractivity contribution in [1.82, 2.24) is 10.3 Å². The van der Waals surface area contributed by atoms with Gasteiger partial charge in [-0.3, -0.25) is 0 Å². The first-order valence-corrected chi connectivity index (χ1v) is 9.94. The van der Waals surface area contributed by atoms with Gasteiger partial charge in [-0.15, -0.1) is 0 Å². The van der Waals surface area contributed by atoms with Crippen molar-refractivity contribution in [2.45, 2.75) is 32.9 Å². The lowest BCUT2D eigenvalue weighted by Gasteiger charge is -2.19. The van der Waals surface area contributed by atoms with Crippen molar-refractivity contribution in [3.8, 4) is 17.1 Å². The fraction of sp³-hybridized carbons (Fsp3) is 0.304. The largest absolute Gasteiger partial charge is 0.496 e. The molecule has 1 amide bonds. The Hall–Kier alpha value is -3.68. The monoisotopic (exact) mass is 424 g/mol. The number of methoxy groups -OCH3 is 1. The number of anilines is 2. The molecule has 0 spiro atoms. The second-order valence-electron chi connectivity index (χ2n) is 7.87. The Morgan fingerprint density at radius 1 is 1.10 bits per heavy atom. The van der Waals surface area contributed by atoms with Crippen molar-refractivity contribution in [2.75, 3.05) is 24.4 Å². The Labute approximate surface area is 182 Å². The molecule has 8 heteroatoms. The minimum absolute atomic E-state index is 0.387. The van der Waals surface area contributed by atoms with Gasteiger partial charge in [-0.1, -0.05) is 12.1 Å². The van der Waals surface area contributed by atoms with E-state index in [0.717, 1.165) is 22.5 Å². The van der Waals surface area contributed by atoms with Gasteiger partial charge in [0.1, 0.15) is 11.4 Å². The third kappa shape index (κ3) is 6.67. The van der Waals surface area contributed by atoms with E-state index in [1.165, 1.54) is 6.39 Å². The molecule has 1 heterocycles. The number of rotatable bonds is 8. The molecule has 0 fully saturated rings. The Balaban J connectivity index is 1.53. The van der Waals surface area contributed by atoms with Crippen LogP contribution in [0.3, 0.4) is 0 Å². The smallest absolute Gasteiger partial charge is 0.407 e. The Bertz CT molecular complexity index is 997. The molecule has 0 aliphatic carbocycles. The molecule has 3 N–H and O–H groups in total. The lowest BCUT2D eigenvalue weighted by atomic mass is 10.1. The highest BCUT2D eigenvalue weighted by Crippen LogP contribution is 2.32. The number of alkyl carbamates (subject to hydrolysis) is 1. The molecule has 0 saturated heterocycles. The molecule has 3 aromatic rings. The average molecular weight is 425 g/mol. The summed E-state index contributed by atoms with van der Waals surface area (Å²) in [5, 5.41) is 9.39. The third-order valence-corrected chi connectivity index (χ3v) is 4.25. The van der Waals surface area contributed by atoms with E-state index in [4.69, 9.17) is 13.9 Å². The molecule has 3 rings (SSSR count). The van der Waals surface area contributed by atoms with Crippen LogP contribution in [0.15, 0.2) is 59.5 Å². The summed E-state index contributed by atoms with van der Waals surface area (Å²) in [6, 6.07) is 13.6. The van der Waals surface area contributed by atoms with E-state index >= 15 is 0 Å². The van der Waals surface area contributed by atoms with Crippen LogP contribution in [0.1, 0.15) is 26.3 Å². The van der Waals surface area contributed by atoms with Gasteiger partial charge in [0.15, 0.2) is 12.2 Å². The highest BCUT2D eigenvalue weighted by atomic mass is 16.6. The van der Waals surface area contributed by atoms with Gasteiger partial charge in [0, 0.05) is 24.0 Å². The molecule has 31 heavy (non-hydrogen) atoms. The zero-order chi connectivity index (χ0) is 22.3. The minimum Gasteiger partial charge on any atom is -0.496 e. The van der Waals surface area contributed by atoms with Crippen LogP contribution >= 0.6 is 0 Å². The summed E-state index contributed by atoms with van der Waals surface area (Å²) in [4.78, 5) is 15.8. The number of amides is 1. The summed E-state index contributed by atoms with van der Waals surface area (Å²) in [6.07, 6.45) is 2.61. The number of benzene rings is 2. The quantitative estimate of drug-likeness (QED) is 0.444. The molecule has 0 radical (unpaired) electrons. The standard InChI is InChI=1S/C23H28N4O4/c1-23(2,3)31-22(28)25-12-16-6-5-7-17(10-16)26-14-27-18-8-9-19(20(11-18)29-4)21-13-24-15-30-21/h5-11,13,15,26-27H,12,14H2,1-4H3,(H,25,28). The second-order valence-corrected chi connectivity index (χ2v) is 7.87. The Kier molecular flexibility index (Phi) is 7.02. The fourth-order valence-electron chi connectivity index (χ4n) is 2.88. The van der Waals surface area contributed by atoms with Gasteiger partial charge in [0.2, 0.25) is 0 Å². The summed E-state index contributed by atoms with van der Waals surface area (Å²) in [5.41, 5.74) is 3.11. The Morgan fingerprint density at radius 2 is 1.87 bits per heavy atom. The topological polar surface area (TPSA) is 97.7 Å². The van der Waals surface area contributed by atoms with Crippen LogP contribution < -0.4 is 20.7 Å². The van der Waals surface area contributed by atoms with Gasteiger partial charge in [0.05, 0.1) is 25.5 Å². The van der Waals surface area contributed by atoms with Crippen molar-refractivity contribution in [3.05, 3.63) is 60.6 Å². The van der Waals surface area contributed by atoms with Crippen molar-refractivity contribution >= 4 is 17.5 Å². The number of ether oxygens (including phenoxy) is 2. The van der Waals surface area contributed by atoms with Crippen LogP contribution in [0.2, 0.25) is 0 Å². The first-order chi connectivity index (χ1) is 14.8. The third-order valence-electron chi connectivity index (χ3n) is 4.25. The summed E-state index contributed by atoms with van der Waals surface area (Å²) in [7, 11) is 1.62.